The van der Waals surface area contributed by atoms with E-state index in [0.717, 1.165) is 36.7 Å². The number of hydrogen-bond acceptors (Lipinski definition) is 2. The molecule has 0 spiro atoms. The first kappa shape index (κ1) is 8.45. The summed E-state index contributed by atoms with van der Waals surface area (Å²) in [6, 6.07) is 6.13. The molecule has 0 bridgehead atoms. The first-order valence-corrected chi connectivity index (χ1v) is 4.63. The van der Waals surface area contributed by atoms with Crippen molar-refractivity contribution in [1.82, 2.24) is 0 Å². The molecular formula is C11H13NO. The molecule has 0 saturated heterocycles. The summed E-state index contributed by atoms with van der Waals surface area (Å²) in [6.45, 7) is 0. The first-order valence-electron chi connectivity index (χ1n) is 4.63. The molecule has 13 heavy (non-hydrogen) atoms. The highest BCUT2D eigenvalue weighted by Gasteiger charge is 2.17. The Hall–Kier alpha value is -1.15. The van der Waals surface area contributed by atoms with Crippen LogP contribution in [0.5, 0.6) is 0 Å². The van der Waals surface area contributed by atoms with Crippen molar-refractivity contribution in [2.24, 2.45) is 5.73 Å². The fourth-order valence-corrected chi connectivity index (χ4v) is 1.95. The van der Waals surface area contributed by atoms with Gasteiger partial charge in [-0.1, -0.05) is 18.2 Å². The van der Waals surface area contributed by atoms with Gasteiger partial charge < -0.3 is 5.73 Å². The third-order valence-electron chi connectivity index (χ3n) is 2.69. The van der Waals surface area contributed by atoms with Gasteiger partial charge in [0.2, 0.25) is 0 Å². The normalized spacial score (nSPS) is 20.8. The first-order chi connectivity index (χ1) is 6.31. The maximum atomic E-state index is 10.7. The second kappa shape index (κ2) is 3.30. The van der Waals surface area contributed by atoms with Crippen molar-refractivity contribution in [2.75, 3.05) is 0 Å². The SMILES string of the molecule is NC1CCc2cccc(C=O)c2C1. The third kappa shape index (κ3) is 1.49. The number of benzene rings is 1. The molecule has 2 rings (SSSR count). The molecule has 0 amide bonds. The average molecular weight is 175 g/mol. The van der Waals surface area contributed by atoms with Gasteiger partial charge in [-0.25, -0.2) is 0 Å². The number of hydrogen-bond donors (Lipinski definition) is 1. The van der Waals surface area contributed by atoms with Crippen molar-refractivity contribution in [3.05, 3.63) is 34.9 Å². The van der Waals surface area contributed by atoms with Crippen LogP contribution in [0.25, 0.3) is 0 Å². The summed E-state index contributed by atoms with van der Waals surface area (Å²) in [4.78, 5) is 10.7. The molecule has 1 atom stereocenters. The Morgan fingerprint density at radius 1 is 1.46 bits per heavy atom. The summed E-state index contributed by atoms with van der Waals surface area (Å²) in [5, 5.41) is 0. The van der Waals surface area contributed by atoms with Gasteiger partial charge in [0.15, 0.2) is 0 Å². The van der Waals surface area contributed by atoms with Gasteiger partial charge in [-0.05, 0) is 30.4 Å². The molecule has 0 radical (unpaired) electrons. The summed E-state index contributed by atoms with van der Waals surface area (Å²) < 4.78 is 0. The quantitative estimate of drug-likeness (QED) is 0.654. The molecule has 0 aromatic heterocycles. The Kier molecular flexibility index (Phi) is 2.15. The molecule has 1 aliphatic rings. The highest BCUT2D eigenvalue weighted by molar-refractivity contribution is 5.78. The van der Waals surface area contributed by atoms with Crippen molar-refractivity contribution in [3.8, 4) is 0 Å². The Morgan fingerprint density at radius 2 is 2.31 bits per heavy atom. The van der Waals surface area contributed by atoms with Crippen molar-refractivity contribution in [1.29, 1.82) is 0 Å². The minimum Gasteiger partial charge on any atom is -0.327 e. The van der Waals surface area contributed by atoms with Crippen LogP contribution in [0.15, 0.2) is 18.2 Å². The van der Waals surface area contributed by atoms with Crippen LogP contribution >= 0.6 is 0 Å². The number of carbonyl (C=O) groups is 1. The van der Waals surface area contributed by atoms with Crippen molar-refractivity contribution in [2.45, 2.75) is 25.3 Å². The van der Waals surface area contributed by atoms with E-state index in [9.17, 15) is 4.79 Å². The van der Waals surface area contributed by atoms with E-state index in [4.69, 9.17) is 5.73 Å². The predicted octanol–water partition coefficient (Wildman–Crippen LogP) is 1.32. The summed E-state index contributed by atoms with van der Waals surface area (Å²) in [5.74, 6) is 0. The molecule has 2 heteroatoms. The lowest BCUT2D eigenvalue weighted by Gasteiger charge is -2.22. The Morgan fingerprint density at radius 3 is 3.08 bits per heavy atom. The molecule has 2 nitrogen and oxygen atoms in total. The molecule has 2 N–H and O–H groups in total. The lowest BCUT2D eigenvalue weighted by atomic mass is 9.86. The fraction of sp³-hybridized carbons (Fsp3) is 0.364. The van der Waals surface area contributed by atoms with Crippen molar-refractivity contribution < 1.29 is 4.79 Å². The summed E-state index contributed by atoms with van der Waals surface area (Å²) >= 11 is 0. The Balaban J connectivity index is 2.46. The summed E-state index contributed by atoms with van der Waals surface area (Å²) in [7, 11) is 0. The van der Waals surface area contributed by atoms with E-state index in [2.05, 4.69) is 6.07 Å². The Bertz CT molecular complexity index is 333. The molecule has 0 saturated carbocycles. The number of carbonyl (C=O) groups excluding carboxylic acids is 1. The van der Waals surface area contributed by atoms with Crippen LogP contribution in [-0.2, 0) is 12.8 Å². The van der Waals surface area contributed by atoms with E-state index in [1.165, 1.54) is 5.56 Å². The van der Waals surface area contributed by atoms with Gasteiger partial charge in [0, 0.05) is 11.6 Å². The van der Waals surface area contributed by atoms with Gasteiger partial charge in [0.25, 0.3) is 0 Å². The maximum absolute atomic E-state index is 10.7. The van der Waals surface area contributed by atoms with Crippen molar-refractivity contribution >= 4 is 6.29 Å². The summed E-state index contributed by atoms with van der Waals surface area (Å²) in [6.07, 6.45) is 3.83. The molecule has 68 valence electrons. The van der Waals surface area contributed by atoms with E-state index < -0.39 is 0 Å². The molecule has 1 unspecified atom stereocenters. The lowest BCUT2D eigenvalue weighted by Crippen LogP contribution is -2.28. The van der Waals surface area contributed by atoms with Gasteiger partial charge in [0.05, 0.1) is 0 Å². The fourth-order valence-electron chi connectivity index (χ4n) is 1.95. The van der Waals surface area contributed by atoms with Gasteiger partial charge in [-0.3, -0.25) is 4.79 Å². The second-order valence-corrected chi connectivity index (χ2v) is 3.61. The smallest absolute Gasteiger partial charge is 0.150 e. The topological polar surface area (TPSA) is 43.1 Å². The van der Waals surface area contributed by atoms with Crippen LogP contribution in [0.1, 0.15) is 27.9 Å². The average Bonchev–Trinajstić information content (AvgIpc) is 2.17. The minimum absolute atomic E-state index is 0.230. The van der Waals surface area contributed by atoms with Crippen LogP contribution < -0.4 is 5.73 Å². The lowest BCUT2D eigenvalue weighted by molar-refractivity contribution is 0.112. The molecule has 1 aromatic carbocycles. The van der Waals surface area contributed by atoms with Crippen molar-refractivity contribution in [3.63, 3.8) is 0 Å². The summed E-state index contributed by atoms with van der Waals surface area (Å²) in [5.41, 5.74) is 9.13. The Labute approximate surface area is 77.8 Å². The zero-order chi connectivity index (χ0) is 9.26. The second-order valence-electron chi connectivity index (χ2n) is 3.61. The highest BCUT2D eigenvalue weighted by atomic mass is 16.1. The maximum Gasteiger partial charge on any atom is 0.150 e. The number of rotatable bonds is 1. The van der Waals surface area contributed by atoms with E-state index >= 15 is 0 Å². The highest BCUT2D eigenvalue weighted by Crippen LogP contribution is 2.22. The van der Waals surface area contributed by atoms with E-state index in [-0.39, 0.29) is 6.04 Å². The third-order valence-corrected chi connectivity index (χ3v) is 2.69. The zero-order valence-electron chi connectivity index (χ0n) is 7.49. The number of nitrogens with two attached hydrogens (primary N) is 1. The molecular weight excluding hydrogens is 162 g/mol. The monoisotopic (exact) mass is 175 g/mol. The van der Waals surface area contributed by atoms with Crippen LogP contribution in [0.4, 0.5) is 0 Å². The molecule has 0 heterocycles. The van der Waals surface area contributed by atoms with Crippen LogP contribution in [0.3, 0.4) is 0 Å². The van der Waals surface area contributed by atoms with E-state index in [0.29, 0.717) is 0 Å². The van der Waals surface area contributed by atoms with Crippen LogP contribution in [0.2, 0.25) is 0 Å². The van der Waals surface area contributed by atoms with Gasteiger partial charge in [0.1, 0.15) is 6.29 Å². The van der Waals surface area contributed by atoms with Crippen LogP contribution in [0, 0.1) is 0 Å². The largest absolute Gasteiger partial charge is 0.327 e. The number of aldehydes is 1. The molecule has 0 aliphatic heterocycles. The van der Waals surface area contributed by atoms with E-state index in [1.54, 1.807) is 0 Å². The molecule has 0 fully saturated rings. The van der Waals surface area contributed by atoms with Gasteiger partial charge >= 0.3 is 0 Å². The van der Waals surface area contributed by atoms with E-state index in [1.807, 2.05) is 12.1 Å². The minimum atomic E-state index is 0.230. The predicted molar refractivity (Wildman–Crippen MR) is 51.8 cm³/mol. The standard InChI is InChI=1S/C11H13NO/c12-10-5-4-8-2-1-3-9(7-13)11(8)6-10/h1-3,7,10H,4-6,12H2. The zero-order valence-corrected chi connectivity index (χ0v) is 7.49. The van der Waals surface area contributed by atoms with Gasteiger partial charge in [-0.2, -0.15) is 0 Å². The van der Waals surface area contributed by atoms with Crippen LogP contribution in [-0.4, -0.2) is 12.3 Å². The number of fused-ring (bicyclic) bond motifs is 1. The number of aryl methyl sites for hydroxylation is 1. The molecule has 1 aliphatic carbocycles. The molecule has 1 aromatic rings. The van der Waals surface area contributed by atoms with Gasteiger partial charge in [-0.15, -0.1) is 0 Å².